The highest BCUT2D eigenvalue weighted by Gasteiger charge is 2.23. The van der Waals surface area contributed by atoms with Crippen LogP contribution in [0.1, 0.15) is 40.9 Å². The van der Waals surface area contributed by atoms with E-state index in [1.165, 1.54) is 12.7 Å². The van der Waals surface area contributed by atoms with Gasteiger partial charge in [0.25, 0.3) is 5.91 Å². The summed E-state index contributed by atoms with van der Waals surface area (Å²) in [5.74, 6) is 0.218. The number of nitrogens with one attached hydrogen (secondary N) is 2. The number of aliphatic imine (C=N–C) groups is 1. The van der Waals surface area contributed by atoms with Crippen molar-refractivity contribution in [3.8, 4) is 5.75 Å². The van der Waals surface area contributed by atoms with Gasteiger partial charge in [0.05, 0.1) is 19.6 Å². The Labute approximate surface area is 152 Å². The van der Waals surface area contributed by atoms with Crippen LogP contribution in [0.4, 0.5) is 0 Å². The van der Waals surface area contributed by atoms with Crippen LogP contribution in [-0.2, 0) is 11.2 Å². The van der Waals surface area contributed by atoms with E-state index < -0.39 is 0 Å². The van der Waals surface area contributed by atoms with E-state index in [1.54, 1.807) is 24.3 Å². The molecule has 6 nitrogen and oxygen atoms in total. The van der Waals surface area contributed by atoms with Crippen LogP contribution in [-0.4, -0.2) is 24.9 Å². The maximum atomic E-state index is 12.4. The number of carbonyl (C=O) groups excluding carboxylic acids is 2. The molecule has 0 aliphatic carbocycles. The van der Waals surface area contributed by atoms with Crippen LogP contribution in [0.2, 0.25) is 0 Å². The Morgan fingerprint density at radius 3 is 2.73 bits per heavy atom. The molecule has 0 bridgehead atoms. The largest absolute Gasteiger partial charge is 0.497 e. The molecule has 2 N–H and O–H groups in total. The van der Waals surface area contributed by atoms with Gasteiger partial charge < -0.3 is 4.74 Å². The van der Waals surface area contributed by atoms with Gasteiger partial charge in [-0.15, -0.1) is 0 Å². The normalized spacial score (nSPS) is 16.5. The number of rotatable bonds is 4. The Bertz CT molecular complexity index is 844. The standard InChI is InChI=1S/C20H21N3O3/c1-3-13-7-9-14(10-8-13)17-12-18(24)22-20(21-17)23-19(25)15-5-4-6-16(11-15)26-2/h4-11,17H,3,12H2,1-2H3,(H2,21,22,23,24,25)/t17-/m0/s1. The highest BCUT2D eigenvalue weighted by molar-refractivity contribution is 6.10. The lowest BCUT2D eigenvalue weighted by Crippen LogP contribution is -2.47. The van der Waals surface area contributed by atoms with Gasteiger partial charge in [0.15, 0.2) is 0 Å². The molecule has 1 aliphatic heterocycles. The van der Waals surface area contributed by atoms with Gasteiger partial charge in [0, 0.05) is 5.56 Å². The maximum Gasteiger partial charge on any atom is 0.258 e. The first kappa shape index (κ1) is 17.7. The number of guanidine groups is 1. The van der Waals surface area contributed by atoms with Gasteiger partial charge >= 0.3 is 0 Å². The van der Waals surface area contributed by atoms with Crippen molar-refractivity contribution in [2.24, 2.45) is 4.99 Å². The molecule has 1 atom stereocenters. The number of amides is 2. The molecule has 0 fully saturated rings. The summed E-state index contributed by atoms with van der Waals surface area (Å²) in [7, 11) is 1.54. The first-order valence-corrected chi connectivity index (χ1v) is 8.51. The summed E-state index contributed by atoms with van der Waals surface area (Å²) < 4.78 is 5.13. The van der Waals surface area contributed by atoms with Gasteiger partial charge in [0.2, 0.25) is 11.9 Å². The summed E-state index contributed by atoms with van der Waals surface area (Å²) in [5.41, 5.74) is 2.60. The topological polar surface area (TPSA) is 79.8 Å². The van der Waals surface area contributed by atoms with Crippen molar-refractivity contribution >= 4 is 17.8 Å². The number of benzene rings is 2. The summed E-state index contributed by atoms with van der Waals surface area (Å²) in [6, 6.07) is 14.5. The van der Waals surface area contributed by atoms with Gasteiger partial charge in [-0.05, 0) is 35.7 Å². The average Bonchev–Trinajstić information content (AvgIpc) is 2.67. The van der Waals surface area contributed by atoms with Crippen molar-refractivity contribution in [2.45, 2.75) is 25.8 Å². The predicted octanol–water partition coefficient (Wildman–Crippen LogP) is 2.60. The summed E-state index contributed by atoms with van der Waals surface area (Å²) >= 11 is 0. The fraction of sp³-hybridized carbons (Fsp3) is 0.250. The molecule has 2 aromatic carbocycles. The highest BCUT2D eigenvalue weighted by Crippen LogP contribution is 2.24. The summed E-state index contributed by atoms with van der Waals surface area (Å²) in [4.78, 5) is 28.9. The molecule has 0 spiro atoms. The fourth-order valence-electron chi connectivity index (χ4n) is 2.77. The van der Waals surface area contributed by atoms with Crippen molar-refractivity contribution in [3.63, 3.8) is 0 Å². The van der Waals surface area contributed by atoms with Crippen molar-refractivity contribution in [1.82, 2.24) is 10.6 Å². The van der Waals surface area contributed by atoms with Gasteiger partial charge in [0.1, 0.15) is 5.75 Å². The van der Waals surface area contributed by atoms with Crippen LogP contribution in [0.25, 0.3) is 0 Å². The Hall–Kier alpha value is -3.15. The monoisotopic (exact) mass is 351 g/mol. The molecule has 1 aliphatic rings. The molecule has 0 aromatic heterocycles. The van der Waals surface area contributed by atoms with Crippen LogP contribution in [0.3, 0.4) is 0 Å². The summed E-state index contributed by atoms with van der Waals surface area (Å²) in [6.07, 6.45) is 1.21. The lowest BCUT2D eigenvalue weighted by atomic mass is 10.0. The Morgan fingerprint density at radius 1 is 1.27 bits per heavy atom. The molecule has 2 aromatic rings. The molecule has 0 saturated heterocycles. The van der Waals surface area contributed by atoms with Gasteiger partial charge in [-0.25, -0.2) is 4.99 Å². The lowest BCUT2D eigenvalue weighted by molar-refractivity contribution is -0.120. The zero-order chi connectivity index (χ0) is 18.5. The number of hydrogen-bond acceptors (Lipinski definition) is 4. The summed E-state index contributed by atoms with van der Waals surface area (Å²) in [6.45, 7) is 2.09. The molecular formula is C20H21N3O3. The smallest absolute Gasteiger partial charge is 0.258 e. The molecule has 1 heterocycles. The Balaban J connectivity index is 1.78. The first-order chi connectivity index (χ1) is 12.6. The van der Waals surface area contributed by atoms with E-state index >= 15 is 0 Å². The second-order valence-electron chi connectivity index (χ2n) is 6.03. The minimum atomic E-state index is -0.357. The third kappa shape index (κ3) is 4.08. The Kier molecular flexibility index (Phi) is 5.31. The maximum absolute atomic E-state index is 12.4. The molecular weight excluding hydrogens is 330 g/mol. The van der Waals surface area contributed by atoms with E-state index in [-0.39, 0.29) is 30.2 Å². The highest BCUT2D eigenvalue weighted by atomic mass is 16.5. The van der Waals surface area contributed by atoms with E-state index in [0.717, 1.165) is 12.0 Å². The van der Waals surface area contributed by atoms with Crippen LogP contribution in [0.5, 0.6) is 5.75 Å². The van der Waals surface area contributed by atoms with Crippen LogP contribution in [0, 0.1) is 0 Å². The molecule has 0 saturated carbocycles. The van der Waals surface area contributed by atoms with E-state index in [9.17, 15) is 9.59 Å². The number of ether oxygens (including phenoxy) is 1. The van der Waals surface area contributed by atoms with Crippen molar-refractivity contribution < 1.29 is 14.3 Å². The van der Waals surface area contributed by atoms with Crippen LogP contribution < -0.4 is 15.4 Å². The second-order valence-corrected chi connectivity index (χ2v) is 6.03. The van der Waals surface area contributed by atoms with Gasteiger partial charge in [-0.1, -0.05) is 37.3 Å². The first-order valence-electron chi connectivity index (χ1n) is 8.51. The number of methoxy groups -OCH3 is 1. The third-order valence-corrected chi connectivity index (χ3v) is 4.26. The van der Waals surface area contributed by atoms with Gasteiger partial charge in [-0.3, -0.25) is 20.2 Å². The number of nitrogens with zero attached hydrogens (tertiary/aromatic N) is 1. The number of aryl methyl sites for hydroxylation is 1. The molecule has 134 valence electrons. The van der Waals surface area contributed by atoms with Crippen molar-refractivity contribution in [1.29, 1.82) is 0 Å². The quantitative estimate of drug-likeness (QED) is 0.889. The molecule has 26 heavy (non-hydrogen) atoms. The van der Waals surface area contributed by atoms with Crippen molar-refractivity contribution in [2.75, 3.05) is 7.11 Å². The van der Waals surface area contributed by atoms with Crippen LogP contribution in [0.15, 0.2) is 53.5 Å². The number of hydrogen-bond donors (Lipinski definition) is 2. The minimum Gasteiger partial charge on any atom is -0.497 e. The zero-order valence-corrected chi connectivity index (χ0v) is 14.8. The second kappa shape index (κ2) is 7.82. The SMILES string of the molecule is CCc1ccc([C@@H]2CC(=O)NC(NC(=O)c3cccc(OC)c3)=N2)cc1. The minimum absolute atomic E-state index is 0.165. The third-order valence-electron chi connectivity index (χ3n) is 4.26. The van der Waals surface area contributed by atoms with Crippen molar-refractivity contribution in [3.05, 3.63) is 65.2 Å². The van der Waals surface area contributed by atoms with E-state index in [0.29, 0.717) is 11.3 Å². The molecule has 6 heteroatoms. The lowest BCUT2D eigenvalue weighted by Gasteiger charge is -2.21. The Morgan fingerprint density at radius 2 is 2.04 bits per heavy atom. The van der Waals surface area contributed by atoms with Crippen LogP contribution >= 0.6 is 0 Å². The molecule has 3 rings (SSSR count). The zero-order valence-electron chi connectivity index (χ0n) is 14.8. The number of carbonyl (C=O) groups is 2. The van der Waals surface area contributed by atoms with E-state index in [4.69, 9.17) is 4.74 Å². The molecule has 0 radical (unpaired) electrons. The average molecular weight is 351 g/mol. The fourth-order valence-corrected chi connectivity index (χ4v) is 2.77. The summed E-state index contributed by atoms with van der Waals surface area (Å²) in [5, 5.41) is 5.28. The molecule has 2 amide bonds. The van der Waals surface area contributed by atoms with E-state index in [2.05, 4.69) is 22.5 Å². The predicted molar refractivity (Wildman–Crippen MR) is 99.2 cm³/mol. The molecule has 0 unspecified atom stereocenters. The van der Waals surface area contributed by atoms with E-state index in [1.807, 2.05) is 24.3 Å². The van der Waals surface area contributed by atoms with Gasteiger partial charge in [-0.2, -0.15) is 0 Å².